The van der Waals surface area contributed by atoms with Gasteiger partial charge in [0.25, 0.3) is 0 Å². The lowest BCUT2D eigenvalue weighted by Crippen LogP contribution is -2.45. The molecule has 2 unspecified atom stereocenters. The van der Waals surface area contributed by atoms with Crippen molar-refractivity contribution in [3.05, 3.63) is 0 Å². The van der Waals surface area contributed by atoms with Crippen molar-refractivity contribution in [1.29, 1.82) is 0 Å². The van der Waals surface area contributed by atoms with Crippen molar-refractivity contribution in [3.63, 3.8) is 0 Å². The Balaban J connectivity index is 2.47. The first-order chi connectivity index (χ1) is 6.15. The molecule has 0 aromatic heterocycles. The van der Waals surface area contributed by atoms with E-state index in [9.17, 15) is 0 Å². The Bertz CT molecular complexity index is 147. The van der Waals surface area contributed by atoms with Crippen molar-refractivity contribution in [1.82, 2.24) is 4.90 Å². The van der Waals surface area contributed by atoms with Crippen LogP contribution in [0.4, 0.5) is 0 Å². The predicted octanol–water partition coefficient (Wildman–Crippen LogP) is 2.86. The molecule has 1 fully saturated rings. The van der Waals surface area contributed by atoms with E-state index in [4.69, 9.17) is 0 Å². The summed E-state index contributed by atoms with van der Waals surface area (Å²) in [4.78, 5) is 2.69. The largest absolute Gasteiger partial charge is 0.298 e. The molecule has 1 nitrogen and oxygen atoms in total. The number of hydrogen-bond acceptors (Lipinski definition) is 2. The molecule has 1 aliphatic rings. The Labute approximate surface area is 87.3 Å². The number of thioether (sulfide) groups is 1. The second-order valence-electron chi connectivity index (χ2n) is 4.40. The highest BCUT2D eigenvalue weighted by molar-refractivity contribution is 7.99. The molecular weight excluding hydrogens is 178 g/mol. The third-order valence-corrected chi connectivity index (χ3v) is 4.07. The van der Waals surface area contributed by atoms with Crippen molar-refractivity contribution in [3.8, 4) is 0 Å². The maximum absolute atomic E-state index is 2.69. The fraction of sp³-hybridized carbons (Fsp3) is 1.00. The van der Waals surface area contributed by atoms with Crippen LogP contribution in [-0.4, -0.2) is 35.0 Å². The summed E-state index contributed by atoms with van der Waals surface area (Å²) in [6, 6.07) is 0.809. The first-order valence-corrected chi connectivity index (χ1v) is 6.55. The highest BCUT2D eigenvalue weighted by Crippen LogP contribution is 2.23. The van der Waals surface area contributed by atoms with Crippen molar-refractivity contribution >= 4 is 11.8 Å². The Morgan fingerprint density at radius 1 is 1.46 bits per heavy atom. The Kier molecular flexibility index (Phi) is 4.60. The van der Waals surface area contributed by atoms with E-state index in [-0.39, 0.29) is 0 Å². The number of nitrogens with zero attached hydrogens (tertiary/aromatic N) is 1. The van der Waals surface area contributed by atoms with Crippen molar-refractivity contribution in [2.45, 2.75) is 45.4 Å². The van der Waals surface area contributed by atoms with Gasteiger partial charge in [0, 0.05) is 30.1 Å². The van der Waals surface area contributed by atoms with Crippen LogP contribution < -0.4 is 0 Å². The highest BCUT2D eigenvalue weighted by Gasteiger charge is 2.24. The van der Waals surface area contributed by atoms with E-state index in [0.29, 0.717) is 0 Å². The number of hydrogen-bond donors (Lipinski definition) is 0. The fourth-order valence-electron chi connectivity index (χ4n) is 2.30. The van der Waals surface area contributed by atoms with Gasteiger partial charge in [-0.2, -0.15) is 11.8 Å². The van der Waals surface area contributed by atoms with Gasteiger partial charge < -0.3 is 0 Å². The zero-order valence-corrected chi connectivity index (χ0v) is 10.2. The van der Waals surface area contributed by atoms with Crippen LogP contribution in [0.15, 0.2) is 0 Å². The van der Waals surface area contributed by atoms with E-state index in [0.717, 1.165) is 17.2 Å². The standard InChI is InChI=1S/C11H23NS/c1-5-11(9(2)3)12-6-7-13-10(4)8-12/h9-11H,5-8H2,1-4H3. The normalized spacial score (nSPS) is 27.9. The maximum atomic E-state index is 2.69. The SMILES string of the molecule is CCC(C(C)C)N1CCSC(C)C1. The monoisotopic (exact) mass is 201 g/mol. The van der Waals surface area contributed by atoms with Crippen LogP contribution in [0.25, 0.3) is 0 Å². The molecule has 0 aromatic rings. The molecule has 0 amide bonds. The molecule has 0 spiro atoms. The van der Waals surface area contributed by atoms with Crippen LogP contribution in [0.3, 0.4) is 0 Å². The summed E-state index contributed by atoms with van der Waals surface area (Å²) in [7, 11) is 0. The summed E-state index contributed by atoms with van der Waals surface area (Å²) in [5.74, 6) is 2.13. The molecule has 0 radical (unpaired) electrons. The van der Waals surface area contributed by atoms with Crippen molar-refractivity contribution in [2.24, 2.45) is 5.92 Å². The minimum atomic E-state index is 0.806. The van der Waals surface area contributed by atoms with Crippen molar-refractivity contribution in [2.75, 3.05) is 18.8 Å². The Morgan fingerprint density at radius 2 is 2.15 bits per heavy atom. The molecule has 0 bridgehead atoms. The molecule has 1 saturated heterocycles. The molecule has 2 atom stereocenters. The first-order valence-electron chi connectivity index (χ1n) is 5.50. The lowest BCUT2D eigenvalue weighted by atomic mass is 9.99. The van der Waals surface area contributed by atoms with E-state index < -0.39 is 0 Å². The van der Waals surface area contributed by atoms with Gasteiger partial charge in [-0.1, -0.05) is 27.7 Å². The molecule has 1 heterocycles. The van der Waals surface area contributed by atoms with Crippen LogP contribution in [0.2, 0.25) is 0 Å². The van der Waals surface area contributed by atoms with Crippen LogP contribution in [-0.2, 0) is 0 Å². The summed E-state index contributed by atoms with van der Waals surface area (Å²) in [5, 5.41) is 0.835. The van der Waals surface area contributed by atoms with E-state index in [1.54, 1.807) is 0 Å². The van der Waals surface area contributed by atoms with Gasteiger partial charge in [0.05, 0.1) is 0 Å². The predicted molar refractivity (Wildman–Crippen MR) is 62.4 cm³/mol. The third-order valence-electron chi connectivity index (χ3n) is 2.93. The third kappa shape index (κ3) is 3.17. The molecule has 1 rings (SSSR count). The second-order valence-corrected chi connectivity index (χ2v) is 5.94. The van der Waals surface area contributed by atoms with E-state index in [1.165, 1.54) is 25.3 Å². The molecule has 78 valence electrons. The zero-order chi connectivity index (χ0) is 9.84. The lowest BCUT2D eigenvalue weighted by Gasteiger charge is -2.38. The summed E-state index contributed by atoms with van der Waals surface area (Å²) in [5.41, 5.74) is 0. The summed E-state index contributed by atoms with van der Waals surface area (Å²) < 4.78 is 0. The highest BCUT2D eigenvalue weighted by atomic mass is 32.2. The van der Waals surface area contributed by atoms with Crippen LogP contribution in [0.5, 0.6) is 0 Å². The number of rotatable bonds is 3. The lowest BCUT2D eigenvalue weighted by molar-refractivity contribution is 0.157. The summed E-state index contributed by atoms with van der Waals surface area (Å²) in [6.45, 7) is 12.0. The van der Waals surface area contributed by atoms with Gasteiger partial charge in [-0.15, -0.1) is 0 Å². The maximum Gasteiger partial charge on any atom is 0.0147 e. The summed E-state index contributed by atoms with van der Waals surface area (Å²) >= 11 is 2.12. The molecule has 0 aromatic carbocycles. The van der Waals surface area contributed by atoms with Crippen LogP contribution >= 0.6 is 11.8 Å². The topological polar surface area (TPSA) is 3.24 Å². The fourth-order valence-corrected chi connectivity index (χ4v) is 3.34. The average Bonchev–Trinajstić information content (AvgIpc) is 2.04. The van der Waals surface area contributed by atoms with Gasteiger partial charge in [0.2, 0.25) is 0 Å². The van der Waals surface area contributed by atoms with Crippen LogP contribution in [0.1, 0.15) is 34.1 Å². The van der Waals surface area contributed by atoms with Crippen LogP contribution in [0, 0.1) is 5.92 Å². The summed E-state index contributed by atoms with van der Waals surface area (Å²) in [6.07, 6.45) is 1.30. The molecule has 0 aliphatic carbocycles. The quantitative estimate of drug-likeness (QED) is 0.691. The zero-order valence-electron chi connectivity index (χ0n) is 9.42. The van der Waals surface area contributed by atoms with Gasteiger partial charge in [0.1, 0.15) is 0 Å². The van der Waals surface area contributed by atoms with Gasteiger partial charge >= 0.3 is 0 Å². The molecule has 0 saturated carbocycles. The Morgan fingerprint density at radius 3 is 2.62 bits per heavy atom. The smallest absolute Gasteiger partial charge is 0.0147 e. The molecule has 1 aliphatic heterocycles. The molecule has 2 heteroatoms. The van der Waals surface area contributed by atoms with E-state index in [1.807, 2.05) is 0 Å². The minimum absolute atomic E-state index is 0.806. The van der Waals surface area contributed by atoms with Gasteiger partial charge in [-0.25, -0.2) is 0 Å². The Hall–Kier alpha value is 0.310. The van der Waals surface area contributed by atoms with Gasteiger partial charge in [-0.3, -0.25) is 4.90 Å². The average molecular weight is 201 g/mol. The van der Waals surface area contributed by atoms with E-state index >= 15 is 0 Å². The minimum Gasteiger partial charge on any atom is -0.298 e. The van der Waals surface area contributed by atoms with Crippen molar-refractivity contribution < 1.29 is 0 Å². The molecular formula is C11H23NS. The molecule has 0 N–H and O–H groups in total. The van der Waals surface area contributed by atoms with Gasteiger partial charge in [0.15, 0.2) is 0 Å². The second kappa shape index (κ2) is 5.26. The molecule has 13 heavy (non-hydrogen) atoms. The van der Waals surface area contributed by atoms with E-state index in [2.05, 4.69) is 44.4 Å². The first kappa shape index (κ1) is 11.4. The van der Waals surface area contributed by atoms with Gasteiger partial charge in [-0.05, 0) is 12.3 Å².